The number of hydrogen-bond donors (Lipinski definition) is 0. The summed E-state index contributed by atoms with van der Waals surface area (Å²) in [6, 6.07) is 15.3. The Hall–Kier alpha value is -2.58. The number of fused-ring (bicyclic) bond motifs is 1. The minimum atomic E-state index is -3.63. The zero-order valence-electron chi connectivity index (χ0n) is 19.4. The van der Waals surface area contributed by atoms with Gasteiger partial charge in [0.2, 0.25) is 15.9 Å². The van der Waals surface area contributed by atoms with Crippen molar-refractivity contribution in [2.45, 2.75) is 37.0 Å². The Bertz CT molecular complexity index is 1110. The van der Waals surface area contributed by atoms with Gasteiger partial charge >= 0.3 is 0 Å². The first-order valence-electron chi connectivity index (χ1n) is 12.2. The molecule has 182 valence electrons. The van der Waals surface area contributed by atoms with Crippen molar-refractivity contribution in [2.24, 2.45) is 11.8 Å². The van der Waals surface area contributed by atoms with Crippen LogP contribution in [0.5, 0.6) is 11.5 Å². The summed E-state index contributed by atoms with van der Waals surface area (Å²) in [5.74, 6) is 1.74. The lowest BCUT2D eigenvalue weighted by molar-refractivity contribution is -0.138. The summed E-state index contributed by atoms with van der Waals surface area (Å²) in [6.07, 6.45) is 4.24. The number of benzene rings is 2. The lowest BCUT2D eigenvalue weighted by Crippen LogP contribution is -2.46. The Balaban J connectivity index is 1.13. The largest absolute Gasteiger partial charge is 0.486 e. The molecule has 34 heavy (non-hydrogen) atoms. The molecule has 3 aliphatic rings. The van der Waals surface area contributed by atoms with Crippen LogP contribution in [0.15, 0.2) is 53.4 Å². The zero-order valence-corrected chi connectivity index (χ0v) is 20.2. The quantitative estimate of drug-likeness (QED) is 0.651. The monoisotopic (exact) mass is 484 g/mol. The molecule has 5 rings (SSSR count). The number of likely N-dealkylation sites (tertiary alicyclic amines) is 1. The van der Waals surface area contributed by atoms with E-state index >= 15 is 0 Å². The number of rotatable bonds is 5. The van der Waals surface area contributed by atoms with E-state index in [4.69, 9.17) is 9.47 Å². The van der Waals surface area contributed by atoms with Gasteiger partial charge in [-0.05, 0) is 55.7 Å². The molecule has 2 fully saturated rings. The van der Waals surface area contributed by atoms with Crippen LogP contribution < -0.4 is 9.47 Å². The third kappa shape index (κ3) is 4.93. The van der Waals surface area contributed by atoms with Crippen LogP contribution in [0.1, 0.15) is 31.2 Å². The van der Waals surface area contributed by atoms with Crippen LogP contribution in [-0.4, -0.2) is 62.9 Å². The van der Waals surface area contributed by atoms with Gasteiger partial charge in [0.15, 0.2) is 11.5 Å². The van der Waals surface area contributed by atoms with E-state index in [0.29, 0.717) is 56.6 Å². The van der Waals surface area contributed by atoms with Crippen molar-refractivity contribution < 1.29 is 22.7 Å². The molecule has 0 atom stereocenters. The minimum absolute atomic E-state index is 0.0996. The molecule has 2 saturated heterocycles. The Kier molecular flexibility index (Phi) is 6.79. The predicted octanol–water partition coefficient (Wildman–Crippen LogP) is 3.34. The number of hydrogen-bond acceptors (Lipinski definition) is 5. The van der Waals surface area contributed by atoms with E-state index in [1.165, 1.54) is 9.87 Å². The number of carbonyl (C=O) groups excluding carboxylic acids is 1. The number of sulfonamides is 1. The number of piperidine rings is 2. The summed E-state index contributed by atoms with van der Waals surface area (Å²) in [5.41, 5.74) is 1.36. The van der Waals surface area contributed by atoms with Crippen molar-refractivity contribution in [3.05, 3.63) is 54.1 Å². The Morgan fingerprint density at radius 1 is 0.853 bits per heavy atom. The summed E-state index contributed by atoms with van der Waals surface area (Å²) in [7, 11) is -3.63. The van der Waals surface area contributed by atoms with Gasteiger partial charge < -0.3 is 14.4 Å². The molecule has 1 amide bonds. The molecule has 0 saturated carbocycles. The number of nitrogens with zero attached hydrogens (tertiary/aromatic N) is 2. The van der Waals surface area contributed by atoms with Gasteiger partial charge in [-0.3, -0.25) is 4.79 Å². The molecule has 2 aromatic carbocycles. The van der Waals surface area contributed by atoms with Crippen LogP contribution in [0.25, 0.3) is 0 Å². The second-order valence-electron chi connectivity index (χ2n) is 9.44. The molecule has 3 aliphatic heterocycles. The smallest absolute Gasteiger partial charge is 0.243 e. The topological polar surface area (TPSA) is 76.2 Å². The highest BCUT2D eigenvalue weighted by Crippen LogP contribution is 2.34. The van der Waals surface area contributed by atoms with Crippen molar-refractivity contribution in [1.29, 1.82) is 0 Å². The maximum atomic E-state index is 13.2. The lowest BCUT2D eigenvalue weighted by Gasteiger charge is -2.37. The summed E-state index contributed by atoms with van der Waals surface area (Å²) in [4.78, 5) is 15.3. The fourth-order valence-corrected chi connectivity index (χ4v) is 6.73. The van der Waals surface area contributed by atoms with Gasteiger partial charge in [0.25, 0.3) is 0 Å². The average molecular weight is 485 g/mol. The van der Waals surface area contributed by atoms with Crippen molar-refractivity contribution in [1.82, 2.24) is 9.21 Å². The van der Waals surface area contributed by atoms with Crippen LogP contribution in [0.3, 0.4) is 0 Å². The van der Waals surface area contributed by atoms with E-state index in [1.54, 1.807) is 18.2 Å². The van der Waals surface area contributed by atoms with Crippen LogP contribution >= 0.6 is 0 Å². The Labute approximate surface area is 201 Å². The molecular weight excluding hydrogens is 452 g/mol. The summed E-state index contributed by atoms with van der Waals surface area (Å²) in [5, 5.41) is 0. The van der Waals surface area contributed by atoms with Crippen molar-refractivity contribution in [2.75, 3.05) is 39.4 Å². The normalized spacial score (nSPS) is 20.3. The van der Waals surface area contributed by atoms with Crippen molar-refractivity contribution in [3.8, 4) is 11.5 Å². The number of amides is 1. The van der Waals surface area contributed by atoms with Gasteiger partial charge in [-0.1, -0.05) is 30.3 Å². The van der Waals surface area contributed by atoms with Gasteiger partial charge in [-0.15, -0.1) is 0 Å². The molecule has 0 unspecified atom stereocenters. The summed E-state index contributed by atoms with van der Waals surface area (Å²) in [6.45, 7) is 3.19. The first-order chi connectivity index (χ1) is 16.5. The molecule has 0 spiro atoms. The van der Waals surface area contributed by atoms with E-state index in [2.05, 4.69) is 24.3 Å². The Morgan fingerprint density at radius 3 is 2.24 bits per heavy atom. The summed E-state index contributed by atoms with van der Waals surface area (Å²) < 4.78 is 38.9. The third-order valence-electron chi connectivity index (χ3n) is 7.25. The van der Waals surface area contributed by atoms with E-state index in [-0.39, 0.29) is 16.7 Å². The third-order valence-corrected chi connectivity index (χ3v) is 9.14. The standard InChI is InChI=1S/C26H32N2O5S/c29-26(27-12-8-21(9-13-27)18-20-4-2-1-3-5-20)22-10-14-28(15-11-22)34(30,31)23-6-7-24-25(19-23)33-17-16-32-24/h1-7,19,21-22H,8-18H2. The van der Waals surface area contributed by atoms with Gasteiger partial charge in [0.05, 0.1) is 4.90 Å². The van der Waals surface area contributed by atoms with Crippen LogP contribution in [0.4, 0.5) is 0 Å². The van der Waals surface area contributed by atoms with Crippen molar-refractivity contribution >= 4 is 15.9 Å². The molecule has 8 heteroatoms. The van der Waals surface area contributed by atoms with E-state index in [0.717, 1.165) is 32.4 Å². The first-order valence-corrected chi connectivity index (χ1v) is 13.7. The molecule has 0 radical (unpaired) electrons. The Morgan fingerprint density at radius 2 is 1.53 bits per heavy atom. The fraction of sp³-hybridized carbons (Fsp3) is 0.500. The lowest BCUT2D eigenvalue weighted by atomic mass is 9.89. The number of ether oxygens (including phenoxy) is 2. The molecule has 0 N–H and O–H groups in total. The number of carbonyl (C=O) groups is 1. The molecule has 0 bridgehead atoms. The minimum Gasteiger partial charge on any atom is -0.486 e. The van der Waals surface area contributed by atoms with Crippen LogP contribution in [0.2, 0.25) is 0 Å². The molecule has 0 aromatic heterocycles. The van der Waals surface area contributed by atoms with Crippen LogP contribution in [0, 0.1) is 11.8 Å². The maximum Gasteiger partial charge on any atom is 0.243 e. The molecule has 3 heterocycles. The molecular formula is C26H32N2O5S. The second kappa shape index (κ2) is 9.96. The van der Waals surface area contributed by atoms with Gasteiger partial charge in [0.1, 0.15) is 13.2 Å². The summed E-state index contributed by atoms with van der Waals surface area (Å²) >= 11 is 0. The molecule has 0 aliphatic carbocycles. The average Bonchev–Trinajstić information content (AvgIpc) is 2.89. The highest BCUT2D eigenvalue weighted by atomic mass is 32.2. The van der Waals surface area contributed by atoms with Gasteiger partial charge in [0, 0.05) is 38.2 Å². The predicted molar refractivity (Wildman–Crippen MR) is 128 cm³/mol. The van der Waals surface area contributed by atoms with E-state index < -0.39 is 10.0 Å². The first kappa shape index (κ1) is 23.2. The van der Waals surface area contributed by atoms with Crippen LogP contribution in [-0.2, 0) is 21.2 Å². The molecule has 2 aromatic rings. The van der Waals surface area contributed by atoms with Crippen molar-refractivity contribution in [3.63, 3.8) is 0 Å². The van der Waals surface area contributed by atoms with E-state index in [9.17, 15) is 13.2 Å². The highest BCUT2D eigenvalue weighted by molar-refractivity contribution is 7.89. The van der Waals surface area contributed by atoms with Gasteiger partial charge in [-0.2, -0.15) is 4.31 Å². The SMILES string of the molecule is O=C(C1CCN(S(=O)(=O)c2ccc3c(c2)OCCO3)CC1)N1CCC(Cc2ccccc2)CC1. The maximum absolute atomic E-state index is 13.2. The zero-order chi connectivity index (χ0) is 23.5. The highest BCUT2D eigenvalue weighted by Gasteiger charge is 2.35. The fourth-order valence-electron chi connectivity index (χ4n) is 5.24. The van der Waals surface area contributed by atoms with E-state index in [1.807, 2.05) is 11.0 Å². The van der Waals surface area contributed by atoms with Gasteiger partial charge in [-0.25, -0.2) is 8.42 Å². The molecule has 7 nitrogen and oxygen atoms in total. The second-order valence-corrected chi connectivity index (χ2v) is 11.4.